The minimum atomic E-state index is -0.430. The third-order valence-electron chi connectivity index (χ3n) is 4.81. The Kier molecular flexibility index (Phi) is 6.00. The summed E-state index contributed by atoms with van der Waals surface area (Å²) in [5.74, 6) is 1.70. The number of nitrogens with zero attached hydrogens (tertiary/aromatic N) is 3. The van der Waals surface area contributed by atoms with E-state index in [0.29, 0.717) is 28.9 Å². The molecule has 1 aliphatic heterocycles. The monoisotopic (exact) mass is 409 g/mol. The third-order valence-corrected chi connectivity index (χ3v) is 5.15. The molecular formula is C21H23N5O2S. The summed E-state index contributed by atoms with van der Waals surface area (Å²) in [6.45, 7) is 2.54. The van der Waals surface area contributed by atoms with Gasteiger partial charge < -0.3 is 14.8 Å². The van der Waals surface area contributed by atoms with Crippen molar-refractivity contribution in [2.75, 3.05) is 11.9 Å². The van der Waals surface area contributed by atoms with Crippen LogP contribution in [0.2, 0.25) is 0 Å². The second kappa shape index (κ2) is 9.00. The molecular weight excluding hydrogens is 386 g/mol. The van der Waals surface area contributed by atoms with E-state index in [1.54, 1.807) is 0 Å². The number of benzene rings is 2. The molecule has 0 amide bonds. The predicted molar refractivity (Wildman–Crippen MR) is 114 cm³/mol. The van der Waals surface area contributed by atoms with Gasteiger partial charge in [-0.15, -0.1) is 10.2 Å². The van der Waals surface area contributed by atoms with Gasteiger partial charge in [0.15, 0.2) is 17.6 Å². The van der Waals surface area contributed by atoms with Crippen molar-refractivity contribution in [3.05, 3.63) is 59.4 Å². The van der Waals surface area contributed by atoms with E-state index in [1.165, 1.54) is 24.8 Å². The fraction of sp³-hybridized carbons (Fsp3) is 0.333. The van der Waals surface area contributed by atoms with Gasteiger partial charge in [0.25, 0.3) is 0 Å². The van der Waals surface area contributed by atoms with Crippen LogP contribution >= 0.6 is 12.2 Å². The van der Waals surface area contributed by atoms with Crippen LogP contribution in [-0.4, -0.2) is 32.2 Å². The summed E-state index contributed by atoms with van der Waals surface area (Å²) in [4.78, 5) is 0.629. The van der Waals surface area contributed by atoms with Gasteiger partial charge in [-0.05, 0) is 30.5 Å². The van der Waals surface area contributed by atoms with E-state index in [2.05, 4.69) is 57.1 Å². The molecule has 4 rings (SSSR count). The molecule has 1 aromatic heterocycles. The molecule has 2 heterocycles. The highest BCUT2D eigenvalue weighted by Crippen LogP contribution is 2.41. The molecule has 0 fully saturated rings. The molecule has 1 atom stereocenters. The number of aryl methyl sites for hydroxylation is 1. The summed E-state index contributed by atoms with van der Waals surface area (Å²) in [7, 11) is 0. The highest BCUT2D eigenvalue weighted by atomic mass is 32.1. The van der Waals surface area contributed by atoms with Crippen molar-refractivity contribution in [3.8, 4) is 11.5 Å². The zero-order chi connectivity index (χ0) is 20.1. The lowest BCUT2D eigenvalue weighted by atomic mass is 10.1. The summed E-state index contributed by atoms with van der Waals surface area (Å²) in [5.41, 5.74) is 3.04. The summed E-state index contributed by atoms with van der Waals surface area (Å²) in [5, 5.41) is 17.3. The molecule has 2 N–H and O–H groups in total. The molecule has 150 valence electrons. The number of fused-ring (bicyclic) bond motifs is 1. The number of hydrogen-bond acceptors (Lipinski definition) is 6. The molecule has 3 aromatic rings. The fourth-order valence-electron chi connectivity index (χ4n) is 3.22. The lowest BCUT2D eigenvalue weighted by Gasteiger charge is -2.26. The highest BCUT2D eigenvalue weighted by molar-refractivity contribution is 7.81. The van der Waals surface area contributed by atoms with Crippen LogP contribution in [0.3, 0.4) is 0 Å². The van der Waals surface area contributed by atoms with E-state index < -0.39 is 6.10 Å². The number of unbranched alkanes of at least 4 members (excludes halogenated alkanes) is 2. The van der Waals surface area contributed by atoms with Gasteiger partial charge in [0, 0.05) is 5.56 Å². The van der Waals surface area contributed by atoms with Crippen LogP contribution < -0.4 is 14.8 Å². The second-order valence-electron chi connectivity index (χ2n) is 6.93. The number of tetrazole rings is 1. The van der Waals surface area contributed by atoms with E-state index in [-0.39, 0.29) is 0 Å². The molecule has 0 spiro atoms. The van der Waals surface area contributed by atoms with Gasteiger partial charge in [-0.1, -0.05) is 67.5 Å². The summed E-state index contributed by atoms with van der Waals surface area (Å²) in [6.07, 6.45) is 4.37. The van der Waals surface area contributed by atoms with E-state index in [0.717, 1.165) is 17.7 Å². The van der Waals surface area contributed by atoms with Crippen molar-refractivity contribution >= 4 is 22.9 Å². The van der Waals surface area contributed by atoms with Gasteiger partial charge in [-0.2, -0.15) is 5.21 Å². The predicted octanol–water partition coefficient (Wildman–Crippen LogP) is 4.23. The van der Waals surface area contributed by atoms with Crippen LogP contribution in [0.1, 0.15) is 49.2 Å². The molecule has 29 heavy (non-hydrogen) atoms. The summed E-state index contributed by atoms with van der Waals surface area (Å²) < 4.78 is 11.9. The Morgan fingerprint density at radius 3 is 2.83 bits per heavy atom. The maximum Gasteiger partial charge on any atom is 0.218 e. The maximum absolute atomic E-state index is 6.09. The standard InChI is InChI=1S/C21H23N5O2S/c1-2-3-4-6-14-9-11-15(12-10-14)21(29)22-16-7-5-8-17-19(16)28-18(13-27-17)20-23-25-26-24-20/h5,7-12,18H,2-4,6,13H2,1H3,(H,22,29)(H,23,24,25,26). The third kappa shape index (κ3) is 4.54. The molecule has 1 aliphatic rings. The first-order valence-corrected chi connectivity index (χ1v) is 10.2. The van der Waals surface area contributed by atoms with Gasteiger partial charge in [0.05, 0.1) is 5.69 Å². The summed E-state index contributed by atoms with van der Waals surface area (Å²) in [6, 6.07) is 14.1. The van der Waals surface area contributed by atoms with Crippen molar-refractivity contribution in [1.82, 2.24) is 20.6 Å². The average molecular weight is 410 g/mol. The Morgan fingerprint density at radius 2 is 2.07 bits per heavy atom. The first-order chi connectivity index (χ1) is 14.2. The van der Waals surface area contributed by atoms with E-state index in [9.17, 15) is 0 Å². The van der Waals surface area contributed by atoms with Crippen molar-refractivity contribution in [2.45, 2.75) is 38.7 Å². The molecule has 0 saturated carbocycles. The number of aromatic amines is 1. The molecule has 8 heteroatoms. The van der Waals surface area contributed by atoms with E-state index in [4.69, 9.17) is 21.7 Å². The Morgan fingerprint density at radius 1 is 1.21 bits per heavy atom. The molecule has 7 nitrogen and oxygen atoms in total. The lowest BCUT2D eigenvalue weighted by molar-refractivity contribution is 0.0861. The number of H-pyrrole nitrogens is 1. The van der Waals surface area contributed by atoms with E-state index in [1.807, 2.05) is 18.2 Å². The van der Waals surface area contributed by atoms with E-state index >= 15 is 0 Å². The number of para-hydroxylation sites is 1. The number of anilines is 1. The van der Waals surface area contributed by atoms with Crippen LogP contribution in [-0.2, 0) is 6.42 Å². The van der Waals surface area contributed by atoms with Gasteiger partial charge in [0.1, 0.15) is 11.6 Å². The Hall–Kier alpha value is -3.00. The lowest BCUT2D eigenvalue weighted by Crippen LogP contribution is -2.24. The van der Waals surface area contributed by atoms with Gasteiger partial charge in [-0.25, -0.2) is 0 Å². The van der Waals surface area contributed by atoms with Gasteiger partial charge in [0.2, 0.25) is 5.82 Å². The Balaban J connectivity index is 1.46. The number of thiocarbonyl (C=S) groups is 1. The first-order valence-electron chi connectivity index (χ1n) is 9.80. The largest absolute Gasteiger partial charge is 0.485 e. The molecule has 0 saturated heterocycles. The minimum absolute atomic E-state index is 0.319. The fourth-order valence-corrected chi connectivity index (χ4v) is 3.47. The smallest absolute Gasteiger partial charge is 0.218 e. The molecule has 2 aromatic carbocycles. The topological polar surface area (TPSA) is 85.0 Å². The van der Waals surface area contributed by atoms with Gasteiger partial charge in [-0.3, -0.25) is 0 Å². The minimum Gasteiger partial charge on any atom is -0.485 e. The van der Waals surface area contributed by atoms with Crippen LogP contribution in [0, 0.1) is 0 Å². The Labute approximate surface area is 174 Å². The average Bonchev–Trinajstić information content (AvgIpc) is 3.29. The summed E-state index contributed by atoms with van der Waals surface area (Å²) >= 11 is 5.62. The highest BCUT2D eigenvalue weighted by Gasteiger charge is 2.28. The SMILES string of the molecule is CCCCCc1ccc(C(=S)Nc2cccc3c2OC(c2nn[nH]n2)CO3)cc1. The number of aromatic nitrogens is 4. The van der Waals surface area contributed by atoms with Crippen LogP contribution in [0.5, 0.6) is 11.5 Å². The van der Waals surface area contributed by atoms with Crippen LogP contribution in [0.15, 0.2) is 42.5 Å². The van der Waals surface area contributed by atoms with Crippen molar-refractivity contribution < 1.29 is 9.47 Å². The van der Waals surface area contributed by atoms with Crippen molar-refractivity contribution in [3.63, 3.8) is 0 Å². The quantitative estimate of drug-likeness (QED) is 0.446. The van der Waals surface area contributed by atoms with Crippen molar-refractivity contribution in [2.24, 2.45) is 0 Å². The van der Waals surface area contributed by atoms with Crippen LogP contribution in [0.4, 0.5) is 5.69 Å². The normalized spacial score (nSPS) is 15.1. The number of rotatable bonds is 7. The van der Waals surface area contributed by atoms with Crippen molar-refractivity contribution in [1.29, 1.82) is 0 Å². The molecule has 0 aliphatic carbocycles. The number of ether oxygens (including phenoxy) is 2. The second-order valence-corrected chi connectivity index (χ2v) is 7.34. The maximum atomic E-state index is 6.09. The zero-order valence-corrected chi connectivity index (χ0v) is 17.0. The molecule has 0 bridgehead atoms. The number of hydrogen-bond donors (Lipinski definition) is 2. The zero-order valence-electron chi connectivity index (χ0n) is 16.2. The number of nitrogens with one attached hydrogen (secondary N) is 2. The first kappa shape index (κ1) is 19.3. The molecule has 1 unspecified atom stereocenters. The van der Waals surface area contributed by atoms with Crippen LogP contribution in [0.25, 0.3) is 0 Å². The Bertz CT molecular complexity index is 960. The van der Waals surface area contributed by atoms with Gasteiger partial charge >= 0.3 is 0 Å². The molecule has 0 radical (unpaired) electrons.